The van der Waals surface area contributed by atoms with Gasteiger partial charge in [-0.3, -0.25) is 4.79 Å². The molecule has 0 radical (unpaired) electrons. The Kier molecular flexibility index (Phi) is 11.1. The lowest BCUT2D eigenvalue weighted by Crippen LogP contribution is -2.50. The Labute approximate surface area is 128 Å². The van der Waals surface area contributed by atoms with Crippen LogP contribution in [0.2, 0.25) is 0 Å². The Morgan fingerprint density at radius 1 is 1.30 bits per heavy atom. The van der Waals surface area contributed by atoms with Crippen LogP contribution in [0.25, 0.3) is 0 Å². The summed E-state index contributed by atoms with van der Waals surface area (Å²) in [6, 6.07) is 0. The summed E-state index contributed by atoms with van der Waals surface area (Å²) in [5.74, 6) is 0.106. The van der Waals surface area contributed by atoms with E-state index in [2.05, 4.69) is 17.6 Å². The van der Waals surface area contributed by atoms with Crippen LogP contribution in [0.3, 0.4) is 0 Å². The number of carbonyl (C=O) groups is 1. The van der Waals surface area contributed by atoms with Crippen LogP contribution in [0.4, 0.5) is 0 Å². The molecule has 20 heavy (non-hydrogen) atoms. The molecule has 1 amide bonds. The topological polar surface area (TPSA) is 59.6 Å². The van der Waals surface area contributed by atoms with Crippen LogP contribution in [0.15, 0.2) is 0 Å². The van der Waals surface area contributed by atoms with Gasteiger partial charge in [-0.1, -0.05) is 13.3 Å². The third-order valence-corrected chi connectivity index (χ3v) is 3.64. The van der Waals surface area contributed by atoms with Crippen molar-refractivity contribution < 1.29 is 14.3 Å². The molecular formula is C14H29ClN2O3. The maximum Gasteiger partial charge on any atom is 0.228 e. The Balaban J connectivity index is 0.00000361. The molecule has 0 aromatic heterocycles. The minimum absolute atomic E-state index is 0. The molecular weight excluding hydrogens is 280 g/mol. The van der Waals surface area contributed by atoms with Crippen LogP contribution in [0, 0.1) is 5.41 Å². The van der Waals surface area contributed by atoms with Gasteiger partial charge in [0.15, 0.2) is 0 Å². The molecule has 0 atom stereocenters. The molecule has 0 bridgehead atoms. The predicted octanol–water partition coefficient (Wildman–Crippen LogP) is 1.36. The smallest absolute Gasteiger partial charge is 0.228 e. The lowest BCUT2D eigenvalue weighted by molar-refractivity contribution is -0.136. The fourth-order valence-electron chi connectivity index (χ4n) is 2.39. The van der Waals surface area contributed by atoms with E-state index in [0.29, 0.717) is 19.8 Å². The summed E-state index contributed by atoms with van der Waals surface area (Å²) in [6.45, 7) is 6.34. The Bertz CT molecular complexity index is 253. The number of unbranched alkanes of at least 4 members (excludes halogenated alkanes) is 1. The highest BCUT2D eigenvalue weighted by molar-refractivity contribution is 5.85. The molecule has 2 N–H and O–H groups in total. The number of nitrogens with one attached hydrogen (secondary N) is 2. The third kappa shape index (κ3) is 6.39. The lowest BCUT2D eigenvalue weighted by Gasteiger charge is -2.35. The lowest BCUT2D eigenvalue weighted by atomic mass is 9.78. The maximum absolute atomic E-state index is 12.3. The molecule has 1 aliphatic heterocycles. The second-order valence-electron chi connectivity index (χ2n) is 5.19. The zero-order valence-corrected chi connectivity index (χ0v) is 13.5. The molecule has 1 rings (SSSR count). The number of halogens is 1. The monoisotopic (exact) mass is 308 g/mol. The molecule has 0 aliphatic carbocycles. The van der Waals surface area contributed by atoms with Crippen LogP contribution in [0.5, 0.6) is 0 Å². The summed E-state index contributed by atoms with van der Waals surface area (Å²) >= 11 is 0. The van der Waals surface area contributed by atoms with Crippen LogP contribution in [0.1, 0.15) is 32.6 Å². The zero-order valence-electron chi connectivity index (χ0n) is 12.7. The molecule has 0 spiro atoms. The largest absolute Gasteiger partial charge is 0.384 e. The van der Waals surface area contributed by atoms with E-state index >= 15 is 0 Å². The van der Waals surface area contributed by atoms with Gasteiger partial charge in [0.05, 0.1) is 18.6 Å². The van der Waals surface area contributed by atoms with Crippen molar-refractivity contribution in [2.45, 2.75) is 32.6 Å². The van der Waals surface area contributed by atoms with Gasteiger partial charge in [-0.15, -0.1) is 12.4 Å². The van der Waals surface area contributed by atoms with E-state index in [0.717, 1.165) is 45.4 Å². The van der Waals surface area contributed by atoms with Gasteiger partial charge < -0.3 is 20.1 Å². The molecule has 1 aliphatic rings. The van der Waals surface area contributed by atoms with E-state index in [9.17, 15) is 4.79 Å². The van der Waals surface area contributed by atoms with Crippen molar-refractivity contribution in [1.29, 1.82) is 0 Å². The molecule has 5 nitrogen and oxygen atoms in total. The first-order valence-electron chi connectivity index (χ1n) is 7.31. The summed E-state index contributed by atoms with van der Waals surface area (Å²) in [5, 5.41) is 6.27. The second kappa shape index (κ2) is 11.3. The van der Waals surface area contributed by atoms with Gasteiger partial charge in [0.2, 0.25) is 5.91 Å². The molecule has 0 aromatic carbocycles. The normalized spacial score (nSPS) is 17.3. The van der Waals surface area contributed by atoms with Crippen molar-refractivity contribution in [3.63, 3.8) is 0 Å². The average molecular weight is 309 g/mol. The first-order valence-corrected chi connectivity index (χ1v) is 7.31. The van der Waals surface area contributed by atoms with Crippen molar-refractivity contribution in [3.05, 3.63) is 0 Å². The van der Waals surface area contributed by atoms with E-state index in [4.69, 9.17) is 9.47 Å². The van der Waals surface area contributed by atoms with Crippen LogP contribution < -0.4 is 10.6 Å². The fraction of sp³-hybridized carbons (Fsp3) is 0.929. The van der Waals surface area contributed by atoms with E-state index in [1.54, 1.807) is 7.11 Å². The zero-order chi connectivity index (χ0) is 14.0. The highest BCUT2D eigenvalue weighted by atomic mass is 35.5. The quantitative estimate of drug-likeness (QED) is 0.631. The average Bonchev–Trinajstić information content (AvgIpc) is 2.44. The molecule has 1 saturated heterocycles. The summed E-state index contributed by atoms with van der Waals surface area (Å²) in [7, 11) is 1.66. The first kappa shape index (κ1) is 19.6. The summed E-state index contributed by atoms with van der Waals surface area (Å²) in [5.41, 5.74) is -0.358. The maximum atomic E-state index is 12.3. The summed E-state index contributed by atoms with van der Waals surface area (Å²) in [6.07, 6.45) is 3.89. The van der Waals surface area contributed by atoms with E-state index < -0.39 is 0 Å². The van der Waals surface area contributed by atoms with Crippen LogP contribution >= 0.6 is 12.4 Å². The van der Waals surface area contributed by atoms with Gasteiger partial charge in [-0.25, -0.2) is 0 Å². The minimum Gasteiger partial charge on any atom is -0.384 e. The molecule has 120 valence electrons. The first-order chi connectivity index (χ1) is 9.25. The minimum atomic E-state index is -0.358. The molecule has 1 fully saturated rings. The van der Waals surface area contributed by atoms with E-state index in [1.807, 2.05) is 0 Å². The molecule has 6 heteroatoms. The van der Waals surface area contributed by atoms with Crippen molar-refractivity contribution in [2.24, 2.45) is 5.41 Å². The number of piperidine rings is 1. The van der Waals surface area contributed by atoms with Crippen molar-refractivity contribution in [3.8, 4) is 0 Å². The standard InChI is InChI=1S/C14H28N2O3.ClH/c1-3-4-10-19-11-9-16-13(17)14(12-18-2)5-7-15-8-6-14;/h15H,3-12H2,1-2H3,(H,16,17);1H. The number of methoxy groups -OCH3 is 1. The van der Waals surface area contributed by atoms with Crippen molar-refractivity contribution in [2.75, 3.05) is 46.6 Å². The number of hydrogen-bond donors (Lipinski definition) is 2. The Hall–Kier alpha value is -0.360. The SMILES string of the molecule is CCCCOCCNC(=O)C1(COC)CCNCC1.Cl. The Morgan fingerprint density at radius 3 is 2.60 bits per heavy atom. The number of rotatable bonds is 9. The van der Waals surface area contributed by atoms with Crippen LogP contribution in [-0.4, -0.2) is 52.5 Å². The summed E-state index contributed by atoms with van der Waals surface area (Å²) < 4.78 is 10.7. The number of carbonyl (C=O) groups excluding carboxylic acids is 1. The molecule has 0 saturated carbocycles. The fourth-order valence-corrected chi connectivity index (χ4v) is 2.39. The molecule has 0 unspecified atom stereocenters. The number of ether oxygens (including phenoxy) is 2. The van der Waals surface area contributed by atoms with Gasteiger partial charge in [0, 0.05) is 20.3 Å². The predicted molar refractivity (Wildman–Crippen MR) is 82.4 cm³/mol. The van der Waals surface area contributed by atoms with Crippen molar-refractivity contribution in [1.82, 2.24) is 10.6 Å². The molecule has 1 heterocycles. The van der Waals surface area contributed by atoms with E-state index in [1.165, 1.54) is 0 Å². The van der Waals surface area contributed by atoms with Gasteiger partial charge in [-0.05, 0) is 32.4 Å². The summed E-state index contributed by atoms with van der Waals surface area (Å²) in [4.78, 5) is 12.3. The Morgan fingerprint density at radius 2 is 2.00 bits per heavy atom. The third-order valence-electron chi connectivity index (χ3n) is 3.64. The number of hydrogen-bond acceptors (Lipinski definition) is 4. The van der Waals surface area contributed by atoms with Gasteiger partial charge in [0.1, 0.15) is 0 Å². The van der Waals surface area contributed by atoms with Crippen LogP contribution in [-0.2, 0) is 14.3 Å². The highest BCUT2D eigenvalue weighted by Gasteiger charge is 2.39. The van der Waals surface area contributed by atoms with Gasteiger partial charge in [-0.2, -0.15) is 0 Å². The van der Waals surface area contributed by atoms with E-state index in [-0.39, 0.29) is 23.7 Å². The number of amides is 1. The highest BCUT2D eigenvalue weighted by Crippen LogP contribution is 2.29. The van der Waals surface area contributed by atoms with Gasteiger partial charge >= 0.3 is 0 Å². The van der Waals surface area contributed by atoms with Gasteiger partial charge in [0.25, 0.3) is 0 Å². The second-order valence-corrected chi connectivity index (χ2v) is 5.19. The molecule has 0 aromatic rings. The van der Waals surface area contributed by atoms with Crippen molar-refractivity contribution >= 4 is 18.3 Å².